The van der Waals surface area contributed by atoms with E-state index in [0.29, 0.717) is 12.6 Å². The van der Waals surface area contributed by atoms with Gasteiger partial charge in [0.15, 0.2) is 0 Å². The Hall–Kier alpha value is -2.81. The second-order valence-corrected chi connectivity index (χ2v) is 7.78. The van der Waals surface area contributed by atoms with Crippen LogP contribution in [0.4, 0.5) is 5.69 Å². The number of hydrogen-bond donors (Lipinski definition) is 2. The molecule has 0 aliphatic carbocycles. The van der Waals surface area contributed by atoms with Crippen molar-refractivity contribution in [2.45, 2.75) is 45.8 Å². The third-order valence-electron chi connectivity index (χ3n) is 5.61. The Morgan fingerprint density at radius 2 is 2.03 bits per heavy atom. The molecule has 3 heterocycles. The molecule has 0 unspecified atom stereocenters. The van der Waals surface area contributed by atoms with Gasteiger partial charge in [-0.25, -0.2) is 0 Å². The lowest BCUT2D eigenvalue weighted by Crippen LogP contribution is -2.34. The number of ether oxygens (including phenoxy) is 1. The number of anilines is 1. The summed E-state index contributed by atoms with van der Waals surface area (Å²) < 4.78 is 7.73. The van der Waals surface area contributed by atoms with Crippen LogP contribution in [0.15, 0.2) is 42.6 Å². The molecule has 0 spiro atoms. The third-order valence-corrected chi connectivity index (χ3v) is 5.61. The molecule has 0 saturated carbocycles. The van der Waals surface area contributed by atoms with Crippen molar-refractivity contribution in [2.75, 3.05) is 25.1 Å². The maximum Gasteiger partial charge on any atom is 0.0931 e. The zero-order valence-electron chi connectivity index (χ0n) is 17.9. The normalized spacial score (nSPS) is 14.5. The molecule has 0 bridgehead atoms. The number of fused-ring (bicyclic) bond motifs is 1. The number of nitrogens with one attached hydrogen (secondary N) is 2. The van der Waals surface area contributed by atoms with Gasteiger partial charge in [-0.2, -0.15) is 0 Å². The van der Waals surface area contributed by atoms with Crippen molar-refractivity contribution in [3.05, 3.63) is 59.5 Å². The molecular formula is C25H30N4O. The summed E-state index contributed by atoms with van der Waals surface area (Å²) in [5, 5.41) is 8.23. The van der Waals surface area contributed by atoms with E-state index in [1.54, 1.807) is 0 Å². The molecule has 1 aromatic carbocycles. The standard InChI is InChI=1S/C25H30N4O/c1-3-29-24(5-4-12-26-23-8-6-19(2)27-18-23)16-21-15-20(7-9-25(21)29)17-28-22-10-13-30-14-11-22/h6-9,15-16,18,22,26,28H,3,10-14,17H2,1-2H3. The van der Waals surface area contributed by atoms with E-state index in [1.807, 2.05) is 25.3 Å². The van der Waals surface area contributed by atoms with Crippen LogP contribution in [0.25, 0.3) is 10.9 Å². The first-order valence-corrected chi connectivity index (χ1v) is 10.8. The van der Waals surface area contributed by atoms with Crippen LogP contribution in [0.5, 0.6) is 0 Å². The van der Waals surface area contributed by atoms with E-state index in [4.69, 9.17) is 4.74 Å². The molecule has 1 aliphatic heterocycles. The summed E-state index contributed by atoms with van der Waals surface area (Å²) in [6.07, 6.45) is 4.04. The first-order chi connectivity index (χ1) is 14.7. The second kappa shape index (κ2) is 9.80. The molecule has 1 aliphatic rings. The SMILES string of the molecule is CCn1c(C#CCNc2ccc(C)nc2)cc2cc(CNC3CCOCC3)ccc21. The number of aryl methyl sites for hydroxylation is 2. The molecule has 4 rings (SSSR count). The third kappa shape index (κ3) is 5.02. The zero-order valence-corrected chi connectivity index (χ0v) is 17.9. The van der Waals surface area contributed by atoms with Crippen molar-refractivity contribution in [1.29, 1.82) is 0 Å². The quantitative estimate of drug-likeness (QED) is 0.610. The molecule has 30 heavy (non-hydrogen) atoms. The van der Waals surface area contributed by atoms with Crippen LogP contribution in [0.2, 0.25) is 0 Å². The number of rotatable bonds is 6. The van der Waals surface area contributed by atoms with Crippen molar-refractivity contribution < 1.29 is 4.74 Å². The van der Waals surface area contributed by atoms with Crippen molar-refractivity contribution >= 4 is 16.6 Å². The Morgan fingerprint density at radius 3 is 2.80 bits per heavy atom. The highest BCUT2D eigenvalue weighted by Crippen LogP contribution is 2.21. The first-order valence-electron chi connectivity index (χ1n) is 10.8. The Bertz CT molecular complexity index is 1040. The topological polar surface area (TPSA) is 51.1 Å². The summed E-state index contributed by atoms with van der Waals surface area (Å²) in [6.45, 7) is 8.29. The number of nitrogens with zero attached hydrogens (tertiary/aromatic N) is 2. The van der Waals surface area contributed by atoms with E-state index < -0.39 is 0 Å². The minimum atomic E-state index is 0.562. The molecule has 0 amide bonds. The summed E-state index contributed by atoms with van der Waals surface area (Å²) in [7, 11) is 0. The van der Waals surface area contributed by atoms with Gasteiger partial charge in [0.25, 0.3) is 0 Å². The van der Waals surface area contributed by atoms with E-state index >= 15 is 0 Å². The fourth-order valence-corrected chi connectivity index (χ4v) is 3.89. The summed E-state index contributed by atoms with van der Waals surface area (Å²) in [5.74, 6) is 6.59. The van der Waals surface area contributed by atoms with E-state index in [2.05, 4.69) is 63.2 Å². The van der Waals surface area contributed by atoms with E-state index in [1.165, 1.54) is 16.5 Å². The number of pyridine rings is 1. The Kier molecular flexibility index (Phi) is 6.68. The molecule has 156 valence electrons. The first kappa shape index (κ1) is 20.5. The van der Waals surface area contributed by atoms with Crippen LogP contribution in [-0.2, 0) is 17.8 Å². The van der Waals surface area contributed by atoms with Crippen LogP contribution >= 0.6 is 0 Å². The van der Waals surface area contributed by atoms with Crippen molar-refractivity contribution in [1.82, 2.24) is 14.9 Å². The summed E-state index contributed by atoms with van der Waals surface area (Å²) in [6, 6.07) is 13.5. The number of hydrogen-bond acceptors (Lipinski definition) is 4. The molecule has 5 nitrogen and oxygen atoms in total. The molecule has 0 atom stereocenters. The Labute approximate surface area is 178 Å². The van der Waals surface area contributed by atoms with E-state index in [9.17, 15) is 0 Å². The van der Waals surface area contributed by atoms with Gasteiger partial charge in [-0.15, -0.1) is 0 Å². The Morgan fingerprint density at radius 1 is 1.17 bits per heavy atom. The van der Waals surface area contributed by atoms with E-state index in [-0.39, 0.29) is 0 Å². The van der Waals surface area contributed by atoms with Gasteiger partial charge in [0.1, 0.15) is 0 Å². The minimum absolute atomic E-state index is 0.562. The van der Waals surface area contributed by atoms with Crippen molar-refractivity contribution in [2.24, 2.45) is 0 Å². The van der Waals surface area contributed by atoms with Gasteiger partial charge in [0.05, 0.1) is 24.1 Å². The highest BCUT2D eigenvalue weighted by Gasteiger charge is 2.13. The van der Waals surface area contributed by atoms with Gasteiger partial charge in [-0.3, -0.25) is 4.98 Å². The maximum absolute atomic E-state index is 5.44. The average molecular weight is 403 g/mol. The summed E-state index contributed by atoms with van der Waals surface area (Å²) in [4.78, 5) is 4.30. The average Bonchev–Trinajstić information content (AvgIpc) is 3.13. The van der Waals surface area contributed by atoms with Crippen LogP contribution in [0.3, 0.4) is 0 Å². The number of benzene rings is 1. The molecule has 2 aromatic heterocycles. The van der Waals surface area contributed by atoms with Crippen LogP contribution in [0.1, 0.15) is 36.7 Å². The maximum atomic E-state index is 5.44. The highest BCUT2D eigenvalue weighted by atomic mass is 16.5. The minimum Gasteiger partial charge on any atom is -0.381 e. The molecule has 1 saturated heterocycles. The monoisotopic (exact) mass is 402 g/mol. The molecule has 2 N–H and O–H groups in total. The van der Waals surface area contributed by atoms with E-state index in [0.717, 1.165) is 56.2 Å². The predicted molar refractivity (Wildman–Crippen MR) is 123 cm³/mol. The fraction of sp³-hybridized carbons (Fsp3) is 0.400. The molecule has 0 radical (unpaired) electrons. The van der Waals surface area contributed by atoms with Gasteiger partial charge in [0.2, 0.25) is 0 Å². The number of aromatic nitrogens is 2. The van der Waals surface area contributed by atoms with Crippen molar-refractivity contribution in [3.63, 3.8) is 0 Å². The lowest BCUT2D eigenvalue weighted by molar-refractivity contribution is 0.0776. The fourth-order valence-electron chi connectivity index (χ4n) is 3.89. The van der Waals surface area contributed by atoms with Gasteiger partial charge < -0.3 is 19.9 Å². The molecule has 1 fully saturated rings. The second-order valence-electron chi connectivity index (χ2n) is 7.78. The van der Waals surface area contributed by atoms with Crippen LogP contribution in [0, 0.1) is 18.8 Å². The zero-order chi connectivity index (χ0) is 20.8. The lowest BCUT2D eigenvalue weighted by Gasteiger charge is -2.23. The Balaban J connectivity index is 1.43. The molecule has 5 heteroatoms. The largest absolute Gasteiger partial charge is 0.381 e. The van der Waals surface area contributed by atoms with Gasteiger partial charge in [0, 0.05) is 48.9 Å². The predicted octanol–water partition coefficient (Wildman–Crippen LogP) is 4.10. The molecular weight excluding hydrogens is 372 g/mol. The highest BCUT2D eigenvalue weighted by molar-refractivity contribution is 5.83. The van der Waals surface area contributed by atoms with Crippen molar-refractivity contribution in [3.8, 4) is 11.8 Å². The lowest BCUT2D eigenvalue weighted by atomic mass is 10.1. The summed E-state index contributed by atoms with van der Waals surface area (Å²) >= 11 is 0. The summed E-state index contributed by atoms with van der Waals surface area (Å²) in [5.41, 5.74) is 5.63. The van der Waals surface area contributed by atoms with Gasteiger partial charge in [-0.1, -0.05) is 12.0 Å². The molecule has 3 aromatic rings. The van der Waals surface area contributed by atoms with Crippen LogP contribution < -0.4 is 10.6 Å². The van der Waals surface area contributed by atoms with Crippen LogP contribution in [-0.4, -0.2) is 35.4 Å². The van der Waals surface area contributed by atoms with Gasteiger partial charge >= 0.3 is 0 Å². The smallest absolute Gasteiger partial charge is 0.0931 e. The van der Waals surface area contributed by atoms with Gasteiger partial charge in [-0.05, 0) is 68.5 Å².